The van der Waals surface area contributed by atoms with Crippen LogP contribution in [-0.4, -0.2) is 33.6 Å². The summed E-state index contributed by atoms with van der Waals surface area (Å²) in [6.07, 6.45) is 0.806. The maximum absolute atomic E-state index is 11.0. The van der Waals surface area contributed by atoms with Gasteiger partial charge in [-0.3, -0.25) is 19.7 Å². The second kappa shape index (κ2) is 7.27. The van der Waals surface area contributed by atoms with E-state index in [4.69, 9.17) is 4.74 Å². The zero-order valence-electron chi connectivity index (χ0n) is 11.3. The maximum atomic E-state index is 11.0. The first-order valence-corrected chi connectivity index (χ1v) is 6.12. The van der Waals surface area contributed by atoms with Crippen LogP contribution in [0, 0.1) is 17.0 Å². The number of hydrogen-bond acceptors (Lipinski definition) is 7. The molecule has 0 unspecified atom stereocenters. The molecule has 0 aliphatic carbocycles. The van der Waals surface area contributed by atoms with Gasteiger partial charge in [0.05, 0.1) is 11.5 Å². The molecule has 0 aliphatic heterocycles. The van der Waals surface area contributed by atoms with Crippen molar-refractivity contribution in [3.05, 3.63) is 21.5 Å². The number of nitrogens with zero attached hydrogens (tertiary/aromatic N) is 3. The molecule has 20 heavy (non-hydrogen) atoms. The molecular weight excluding hydrogens is 266 g/mol. The molecular formula is C12H15N3O5. The summed E-state index contributed by atoms with van der Waals surface area (Å²) in [7, 11) is 0. The highest BCUT2D eigenvalue weighted by atomic mass is 16.6. The van der Waals surface area contributed by atoms with Crippen molar-refractivity contribution >= 4 is 17.8 Å². The molecule has 0 N–H and O–H groups in total. The Balaban J connectivity index is 3.07. The third-order valence-corrected chi connectivity index (χ3v) is 2.47. The summed E-state index contributed by atoms with van der Waals surface area (Å²) < 4.78 is 5.25. The Morgan fingerprint density at radius 3 is 2.70 bits per heavy atom. The minimum Gasteiger partial charge on any atom is -0.463 e. The highest BCUT2D eigenvalue weighted by Gasteiger charge is 2.22. The molecule has 0 saturated carbocycles. The van der Waals surface area contributed by atoms with Gasteiger partial charge in [0.25, 0.3) is 0 Å². The SMILES string of the molecule is CCCOc1nc(C)c([N+](=O)[O-])c(CCC(=O)C=O)n1. The van der Waals surface area contributed by atoms with Gasteiger partial charge in [0.15, 0.2) is 12.1 Å². The Kier molecular flexibility index (Phi) is 5.70. The van der Waals surface area contributed by atoms with Gasteiger partial charge < -0.3 is 4.74 Å². The number of ether oxygens (including phenoxy) is 1. The number of aryl methyl sites for hydroxylation is 2. The van der Waals surface area contributed by atoms with Crippen molar-refractivity contribution in [1.29, 1.82) is 0 Å². The summed E-state index contributed by atoms with van der Waals surface area (Å²) >= 11 is 0. The van der Waals surface area contributed by atoms with Gasteiger partial charge in [-0.25, -0.2) is 0 Å². The Bertz CT molecular complexity index is 530. The minimum atomic E-state index is -0.633. The second-order valence-corrected chi connectivity index (χ2v) is 4.08. The number of ketones is 1. The summed E-state index contributed by atoms with van der Waals surface area (Å²) in [5, 5.41) is 11.0. The van der Waals surface area contributed by atoms with E-state index in [1.165, 1.54) is 6.92 Å². The molecule has 1 heterocycles. The number of rotatable bonds is 8. The summed E-state index contributed by atoms with van der Waals surface area (Å²) in [4.78, 5) is 39.6. The predicted octanol–water partition coefficient (Wildman–Crippen LogP) is 1.18. The van der Waals surface area contributed by atoms with Crippen molar-refractivity contribution in [2.75, 3.05) is 6.61 Å². The highest BCUT2D eigenvalue weighted by Crippen LogP contribution is 2.23. The molecule has 0 radical (unpaired) electrons. The summed E-state index contributed by atoms with van der Waals surface area (Å²) in [5.74, 6) is -0.633. The molecule has 0 bridgehead atoms. The van der Waals surface area contributed by atoms with E-state index < -0.39 is 10.7 Å². The monoisotopic (exact) mass is 281 g/mol. The summed E-state index contributed by atoms with van der Waals surface area (Å²) in [6, 6.07) is 0.0449. The van der Waals surface area contributed by atoms with Crippen LogP contribution < -0.4 is 4.74 Å². The number of aldehydes is 1. The van der Waals surface area contributed by atoms with E-state index in [0.29, 0.717) is 6.61 Å². The van der Waals surface area contributed by atoms with Crippen LogP contribution in [0.15, 0.2) is 0 Å². The highest BCUT2D eigenvalue weighted by molar-refractivity contribution is 6.24. The van der Waals surface area contributed by atoms with Gasteiger partial charge in [-0.05, 0) is 13.3 Å². The van der Waals surface area contributed by atoms with Crippen molar-refractivity contribution in [3.63, 3.8) is 0 Å². The van der Waals surface area contributed by atoms with Gasteiger partial charge in [-0.2, -0.15) is 9.97 Å². The fourth-order valence-electron chi connectivity index (χ4n) is 1.57. The minimum absolute atomic E-state index is 0.000266. The lowest BCUT2D eigenvalue weighted by molar-refractivity contribution is -0.386. The molecule has 0 saturated heterocycles. The molecule has 0 amide bonds. The lowest BCUT2D eigenvalue weighted by atomic mass is 10.1. The van der Waals surface area contributed by atoms with Gasteiger partial charge in [-0.1, -0.05) is 6.92 Å². The zero-order chi connectivity index (χ0) is 15.1. The third kappa shape index (κ3) is 4.08. The van der Waals surface area contributed by atoms with E-state index in [9.17, 15) is 19.7 Å². The van der Waals surface area contributed by atoms with Crippen molar-refractivity contribution in [1.82, 2.24) is 9.97 Å². The van der Waals surface area contributed by atoms with Gasteiger partial charge >= 0.3 is 11.7 Å². The quantitative estimate of drug-likeness (QED) is 0.304. The topological polar surface area (TPSA) is 112 Å². The molecule has 1 rings (SSSR count). The number of carbonyl (C=O) groups excluding carboxylic acids is 2. The van der Waals surface area contributed by atoms with E-state index in [0.717, 1.165) is 6.42 Å². The summed E-state index contributed by atoms with van der Waals surface area (Å²) in [6.45, 7) is 3.77. The molecule has 0 atom stereocenters. The van der Waals surface area contributed by atoms with Crippen LogP contribution in [0.3, 0.4) is 0 Å². The summed E-state index contributed by atoms with van der Waals surface area (Å²) in [5.41, 5.74) is 0.0287. The lowest BCUT2D eigenvalue weighted by Crippen LogP contribution is -2.10. The number of carbonyl (C=O) groups is 2. The van der Waals surface area contributed by atoms with Gasteiger partial charge in [0, 0.05) is 12.8 Å². The average molecular weight is 281 g/mol. The van der Waals surface area contributed by atoms with Crippen LogP contribution >= 0.6 is 0 Å². The van der Waals surface area contributed by atoms with Gasteiger partial charge in [-0.15, -0.1) is 0 Å². The Morgan fingerprint density at radius 2 is 2.15 bits per heavy atom. The van der Waals surface area contributed by atoms with Crippen LogP contribution in [-0.2, 0) is 16.0 Å². The predicted molar refractivity (Wildman–Crippen MR) is 68.6 cm³/mol. The first kappa shape index (κ1) is 15.7. The Hall–Kier alpha value is -2.38. The fourth-order valence-corrected chi connectivity index (χ4v) is 1.57. The van der Waals surface area contributed by atoms with Crippen LogP contribution in [0.1, 0.15) is 31.2 Å². The van der Waals surface area contributed by atoms with Crippen molar-refractivity contribution in [3.8, 4) is 6.01 Å². The molecule has 8 heteroatoms. The number of aromatic nitrogens is 2. The van der Waals surface area contributed by atoms with Gasteiger partial charge in [0.1, 0.15) is 11.4 Å². The average Bonchev–Trinajstić information content (AvgIpc) is 2.41. The number of nitro groups is 1. The fraction of sp³-hybridized carbons (Fsp3) is 0.500. The molecule has 0 aliphatic rings. The number of hydrogen-bond donors (Lipinski definition) is 0. The lowest BCUT2D eigenvalue weighted by Gasteiger charge is -2.07. The molecule has 0 aromatic carbocycles. The van der Waals surface area contributed by atoms with E-state index in [-0.39, 0.29) is 42.2 Å². The van der Waals surface area contributed by atoms with E-state index in [2.05, 4.69) is 9.97 Å². The molecule has 1 aromatic heterocycles. The van der Waals surface area contributed by atoms with Crippen molar-refractivity contribution in [2.24, 2.45) is 0 Å². The van der Waals surface area contributed by atoms with Crippen molar-refractivity contribution < 1.29 is 19.2 Å². The molecule has 0 fully saturated rings. The first-order valence-electron chi connectivity index (χ1n) is 6.12. The molecule has 108 valence electrons. The molecule has 8 nitrogen and oxygen atoms in total. The van der Waals surface area contributed by atoms with Crippen LogP contribution in [0.25, 0.3) is 0 Å². The van der Waals surface area contributed by atoms with Crippen LogP contribution in [0.5, 0.6) is 6.01 Å². The second-order valence-electron chi connectivity index (χ2n) is 4.08. The Morgan fingerprint density at radius 1 is 1.45 bits per heavy atom. The largest absolute Gasteiger partial charge is 0.463 e. The molecule has 0 spiro atoms. The third-order valence-electron chi connectivity index (χ3n) is 2.47. The smallest absolute Gasteiger partial charge is 0.317 e. The van der Waals surface area contributed by atoms with Gasteiger partial charge in [0.2, 0.25) is 0 Å². The Labute approximate surface area is 115 Å². The van der Waals surface area contributed by atoms with E-state index in [1.54, 1.807) is 0 Å². The van der Waals surface area contributed by atoms with Crippen LogP contribution in [0.4, 0.5) is 5.69 Å². The normalized spacial score (nSPS) is 10.1. The van der Waals surface area contributed by atoms with Crippen LogP contribution in [0.2, 0.25) is 0 Å². The maximum Gasteiger partial charge on any atom is 0.317 e. The van der Waals surface area contributed by atoms with Crippen molar-refractivity contribution in [2.45, 2.75) is 33.1 Å². The first-order chi connectivity index (χ1) is 9.49. The zero-order valence-corrected chi connectivity index (χ0v) is 11.3. The van der Waals surface area contributed by atoms with E-state index in [1.807, 2.05) is 6.92 Å². The van der Waals surface area contributed by atoms with E-state index >= 15 is 0 Å². The standard InChI is InChI=1S/C12H15N3O5/c1-3-6-20-12-13-8(2)11(15(18)19)10(14-12)5-4-9(17)7-16/h7H,3-6H2,1-2H3. The molecule has 1 aromatic rings. The number of Topliss-reactive ketones (excluding diaryl/α,β-unsaturated/α-hetero) is 1.